The Balaban J connectivity index is 1.96. The van der Waals surface area contributed by atoms with Gasteiger partial charge in [0.25, 0.3) is 0 Å². The number of fused-ring (bicyclic) bond motifs is 3. The summed E-state index contributed by atoms with van der Waals surface area (Å²) in [6.07, 6.45) is 1.75. The first kappa shape index (κ1) is 16.4. The van der Waals surface area contributed by atoms with Gasteiger partial charge in [0.15, 0.2) is 0 Å². The van der Waals surface area contributed by atoms with E-state index in [-0.39, 0.29) is 18.2 Å². The van der Waals surface area contributed by atoms with Crippen LogP contribution in [0.25, 0.3) is 21.9 Å². The number of benzene rings is 1. The molecule has 1 amide bonds. The summed E-state index contributed by atoms with van der Waals surface area (Å²) in [5.41, 5.74) is 1.35. The van der Waals surface area contributed by atoms with Crippen molar-refractivity contribution in [2.24, 2.45) is 0 Å². The molecule has 0 aliphatic rings. The first-order valence-electron chi connectivity index (χ1n) is 8.15. The second-order valence-corrected chi connectivity index (χ2v) is 6.37. The van der Waals surface area contributed by atoms with Crippen molar-refractivity contribution in [3.8, 4) is 0 Å². The number of aliphatic hydroxyl groups is 1. The number of carbonyl (C=O) groups excluding carboxylic acids is 1. The molecule has 6 nitrogen and oxygen atoms in total. The van der Waals surface area contributed by atoms with Crippen molar-refractivity contribution in [1.82, 2.24) is 20.3 Å². The molecule has 2 unspecified atom stereocenters. The Morgan fingerprint density at radius 2 is 2.12 bits per heavy atom. The lowest BCUT2D eigenvalue weighted by Crippen LogP contribution is -2.38. The average Bonchev–Trinajstić information content (AvgIpc) is 2.98. The van der Waals surface area contributed by atoms with Gasteiger partial charge in [-0.1, -0.05) is 25.1 Å². The predicted octanol–water partition coefficient (Wildman–Crippen LogP) is 2.49. The molecular weight excluding hydrogens is 304 g/mol. The highest BCUT2D eigenvalue weighted by molar-refractivity contribution is 6.01. The normalized spacial score (nSPS) is 15.3. The number of hydrogen-bond donors (Lipinski definition) is 3. The molecule has 0 saturated carbocycles. The van der Waals surface area contributed by atoms with Crippen LogP contribution in [0.1, 0.15) is 38.9 Å². The van der Waals surface area contributed by atoms with Crippen LogP contribution in [0.3, 0.4) is 0 Å². The van der Waals surface area contributed by atoms with E-state index in [2.05, 4.69) is 20.3 Å². The minimum Gasteiger partial charge on any atom is -0.389 e. The molecule has 2 heterocycles. The zero-order valence-electron chi connectivity index (χ0n) is 14.1. The number of imidazole rings is 1. The minimum absolute atomic E-state index is 0.0258. The molecule has 0 bridgehead atoms. The Labute approximate surface area is 140 Å². The summed E-state index contributed by atoms with van der Waals surface area (Å²) in [5, 5.41) is 14.4. The van der Waals surface area contributed by atoms with E-state index < -0.39 is 5.60 Å². The van der Waals surface area contributed by atoms with Gasteiger partial charge in [0.05, 0.1) is 29.3 Å². The largest absolute Gasteiger partial charge is 0.389 e. The Kier molecular flexibility index (Phi) is 4.24. The van der Waals surface area contributed by atoms with Crippen LogP contribution in [0, 0.1) is 0 Å². The van der Waals surface area contributed by atoms with E-state index in [1.807, 2.05) is 38.1 Å². The monoisotopic (exact) mass is 326 g/mol. The van der Waals surface area contributed by atoms with Gasteiger partial charge in [-0.3, -0.25) is 9.78 Å². The number of rotatable bonds is 5. The molecule has 24 heavy (non-hydrogen) atoms. The molecule has 1 aromatic carbocycles. The summed E-state index contributed by atoms with van der Waals surface area (Å²) in [6, 6.07) is 7.84. The maximum Gasteiger partial charge on any atom is 0.222 e. The van der Waals surface area contributed by atoms with Crippen LogP contribution >= 0.6 is 0 Å². The smallest absolute Gasteiger partial charge is 0.222 e. The molecule has 2 aromatic heterocycles. The lowest BCUT2D eigenvalue weighted by atomic mass is 9.87. The molecule has 3 N–H and O–H groups in total. The van der Waals surface area contributed by atoms with Crippen molar-refractivity contribution in [2.75, 3.05) is 6.54 Å². The van der Waals surface area contributed by atoms with E-state index in [1.54, 1.807) is 13.1 Å². The van der Waals surface area contributed by atoms with Gasteiger partial charge < -0.3 is 15.4 Å². The Morgan fingerprint density at radius 3 is 2.88 bits per heavy atom. The molecule has 0 aliphatic carbocycles. The number of carbonyl (C=O) groups is 1. The van der Waals surface area contributed by atoms with Crippen molar-refractivity contribution >= 4 is 27.8 Å². The number of hydrogen-bond acceptors (Lipinski definition) is 4. The predicted molar refractivity (Wildman–Crippen MR) is 93.7 cm³/mol. The highest BCUT2D eigenvalue weighted by Gasteiger charge is 2.34. The van der Waals surface area contributed by atoms with E-state index in [9.17, 15) is 9.90 Å². The lowest BCUT2D eigenvalue weighted by Gasteiger charge is -2.28. The van der Waals surface area contributed by atoms with Gasteiger partial charge in [0, 0.05) is 17.8 Å². The summed E-state index contributed by atoms with van der Waals surface area (Å²) < 4.78 is 0. The van der Waals surface area contributed by atoms with Gasteiger partial charge in [0.2, 0.25) is 5.91 Å². The fraction of sp³-hybridized carbons (Fsp3) is 0.389. The summed E-state index contributed by atoms with van der Waals surface area (Å²) in [7, 11) is 0. The number of pyridine rings is 1. The second-order valence-electron chi connectivity index (χ2n) is 6.37. The van der Waals surface area contributed by atoms with Crippen molar-refractivity contribution in [3.05, 3.63) is 36.3 Å². The minimum atomic E-state index is -1.20. The van der Waals surface area contributed by atoms with E-state index in [0.29, 0.717) is 12.4 Å². The second kappa shape index (κ2) is 6.20. The highest BCUT2D eigenvalue weighted by Crippen LogP contribution is 2.31. The SMILES string of the molecule is CCNC(=O)CC(C)(O)C(C)c1nc2cnc3ccccc3c2[nH]1. The fourth-order valence-electron chi connectivity index (χ4n) is 2.87. The van der Waals surface area contributed by atoms with Crippen LogP contribution in [-0.2, 0) is 4.79 Å². The fourth-order valence-corrected chi connectivity index (χ4v) is 2.87. The first-order chi connectivity index (χ1) is 11.4. The molecule has 126 valence electrons. The topological polar surface area (TPSA) is 90.9 Å². The van der Waals surface area contributed by atoms with Crippen molar-refractivity contribution in [1.29, 1.82) is 0 Å². The number of nitrogens with one attached hydrogen (secondary N) is 2. The summed E-state index contributed by atoms with van der Waals surface area (Å²) >= 11 is 0. The number of H-pyrrole nitrogens is 1. The van der Waals surface area contributed by atoms with Crippen LogP contribution in [0.2, 0.25) is 0 Å². The van der Waals surface area contributed by atoms with E-state index in [1.165, 1.54) is 0 Å². The Morgan fingerprint density at radius 1 is 1.38 bits per heavy atom. The van der Waals surface area contributed by atoms with Crippen molar-refractivity contribution in [3.63, 3.8) is 0 Å². The van der Waals surface area contributed by atoms with E-state index in [0.717, 1.165) is 21.9 Å². The van der Waals surface area contributed by atoms with Gasteiger partial charge in [-0.25, -0.2) is 4.98 Å². The van der Waals surface area contributed by atoms with Crippen LogP contribution in [-0.4, -0.2) is 38.1 Å². The van der Waals surface area contributed by atoms with Crippen LogP contribution in [0.5, 0.6) is 0 Å². The van der Waals surface area contributed by atoms with Gasteiger partial charge in [-0.2, -0.15) is 0 Å². The average molecular weight is 326 g/mol. The molecule has 3 aromatic rings. The third kappa shape index (κ3) is 2.97. The maximum atomic E-state index is 11.8. The Bertz CT molecular complexity index is 885. The van der Waals surface area contributed by atoms with Crippen molar-refractivity contribution < 1.29 is 9.90 Å². The number of para-hydroxylation sites is 1. The molecule has 0 aliphatic heterocycles. The van der Waals surface area contributed by atoms with Gasteiger partial charge in [-0.15, -0.1) is 0 Å². The highest BCUT2D eigenvalue weighted by atomic mass is 16.3. The molecule has 2 atom stereocenters. The quantitative estimate of drug-likeness (QED) is 0.672. The van der Waals surface area contributed by atoms with Gasteiger partial charge >= 0.3 is 0 Å². The zero-order valence-corrected chi connectivity index (χ0v) is 14.1. The number of amides is 1. The number of aromatic amines is 1. The molecular formula is C18H22N4O2. The zero-order chi connectivity index (χ0) is 17.3. The first-order valence-corrected chi connectivity index (χ1v) is 8.15. The molecule has 0 fully saturated rings. The third-order valence-electron chi connectivity index (χ3n) is 4.48. The van der Waals surface area contributed by atoms with Crippen LogP contribution in [0.4, 0.5) is 0 Å². The van der Waals surface area contributed by atoms with Gasteiger partial charge in [0.1, 0.15) is 11.3 Å². The maximum absolute atomic E-state index is 11.8. The standard InChI is InChI=1S/C18H22N4O2/c1-4-19-15(23)9-18(3,24)11(2)17-21-14-10-20-13-8-6-5-7-12(13)16(14)22-17/h5-8,10-11,24H,4,9H2,1-3H3,(H,19,23)(H,21,22). The lowest BCUT2D eigenvalue weighted by molar-refractivity contribution is -0.126. The molecule has 0 radical (unpaired) electrons. The van der Waals surface area contributed by atoms with E-state index >= 15 is 0 Å². The molecule has 0 saturated heterocycles. The number of nitrogens with zero attached hydrogens (tertiary/aromatic N) is 2. The molecule has 3 rings (SSSR count). The molecule has 0 spiro atoms. The summed E-state index contributed by atoms with van der Waals surface area (Å²) in [4.78, 5) is 24.1. The van der Waals surface area contributed by atoms with E-state index in [4.69, 9.17) is 0 Å². The summed E-state index contributed by atoms with van der Waals surface area (Å²) in [5.74, 6) is 0.154. The summed E-state index contributed by atoms with van der Waals surface area (Å²) in [6.45, 7) is 5.93. The Hall–Kier alpha value is -2.47. The van der Waals surface area contributed by atoms with Crippen molar-refractivity contribution in [2.45, 2.75) is 38.7 Å². The molecule has 6 heteroatoms. The third-order valence-corrected chi connectivity index (χ3v) is 4.48. The van der Waals surface area contributed by atoms with Crippen LogP contribution in [0.15, 0.2) is 30.5 Å². The van der Waals surface area contributed by atoms with Crippen LogP contribution < -0.4 is 5.32 Å². The number of aromatic nitrogens is 3. The van der Waals surface area contributed by atoms with Gasteiger partial charge in [-0.05, 0) is 19.9 Å².